The number of anilines is 1. The third-order valence-electron chi connectivity index (χ3n) is 4.22. The second-order valence-corrected chi connectivity index (χ2v) is 7.55. The highest BCUT2D eigenvalue weighted by atomic mass is 32.1. The number of aryl methyl sites for hydroxylation is 1. The Kier molecular flexibility index (Phi) is 6.48. The van der Waals surface area contributed by atoms with Crippen LogP contribution in [0.3, 0.4) is 0 Å². The van der Waals surface area contributed by atoms with Crippen LogP contribution >= 0.6 is 11.3 Å². The molecule has 0 spiro atoms. The molecule has 142 valence electrons. The van der Waals surface area contributed by atoms with E-state index in [1.54, 1.807) is 0 Å². The van der Waals surface area contributed by atoms with Crippen LogP contribution < -0.4 is 5.32 Å². The molecule has 0 fully saturated rings. The number of carbonyl (C=O) groups excluding carboxylic acids is 1. The largest absolute Gasteiger partial charge is 0.320 e. The van der Waals surface area contributed by atoms with E-state index in [4.69, 9.17) is 5.26 Å². The van der Waals surface area contributed by atoms with Crippen LogP contribution in [0.2, 0.25) is 0 Å². The summed E-state index contributed by atoms with van der Waals surface area (Å²) < 4.78 is 0. The summed E-state index contributed by atoms with van der Waals surface area (Å²) >= 11 is 1.29. The molecular weight excluding hydrogens is 370 g/mol. The number of benzene rings is 2. The van der Waals surface area contributed by atoms with Crippen molar-refractivity contribution in [3.05, 3.63) is 75.2 Å². The van der Waals surface area contributed by atoms with E-state index in [1.165, 1.54) is 16.9 Å². The van der Waals surface area contributed by atoms with E-state index in [0.717, 1.165) is 29.2 Å². The number of nitriles is 1. The zero-order valence-corrected chi connectivity index (χ0v) is 16.7. The molecule has 0 saturated carbocycles. The van der Waals surface area contributed by atoms with Gasteiger partial charge in [-0.15, -0.1) is 10.2 Å². The maximum absolute atomic E-state index is 12.4. The van der Waals surface area contributed by atoms with E-state index >= 15 is 0 Å². The number of hydrogen-bond acceptors (Lipinski definition) is 6. The molecule has 1 N–H and O–H groups in total. The van der Waals surface area contributed by atoms with E-state index < -0.39 is 0 Å². The Morgan fingerprint density at radius 3 is 2.39 bits per heavy atom. The molecule has 0 radical (unpaired) electrons. The molecule has 1 aromatic heterocycles. The first-order valence-electron chi connectivity index (χ1n) is 8.97. The number of carbonyl (C=O) groups is 1. The molecular formula is C21H21N5OS. The normalized spacial score (nSPS) is 10.6. The fourth-order valence-corrected chi connectivity index (χ4v) is 3.52. The molecule has 0 aliphatic heterocycles. The Hall–Kier alpha value is -3.08. The summed E-state index contributed by atoms with van der Waals surface area (Å²) in [6, 6.07) is 17.4. The van der Waals surface area contributed by atoms with Gasteiger partial charge in [0.05, 0.1) is 18.2 Å². The van der Waals surface area contributed by atoms with Crippen molar-refractivity contribution in [2.24, 2.45) is 0 Å². The predicted molar refractivity (Wildman–Crippen MR) is 110 cm³/mol. The number of rotatable bonds is 7. The summed E-state index contributed by atoms with van der Waals surface area (Å²) in [4.78, 5) is 14.5. The zero-order valence-electron chi connectivity index (χ0n) is 15.8. The van der Waals surface area contributed by atoms with E-state index in [-0.39, 0.29) is 5.91 Å². The van der Waals surface area contributed by atoms with Gasteiger partial charge in [0, 0.05) is 12.2 Å². The minimum atomic E-state index is -0.247. The van der Waals surface area contributed by atoms with E-state index in [2.05, 4.69) is 33.4 Å². The van der Waals surface area contributed by atoms with Crippen LogP contribution in [0.25, 0.3) is 0 Å². The lowest BCUT2D eigenvalue weighted by Gasteiger charge is -2.14. The van der Waals surface area contributed by atoms with Crippen molar-refractivity contribution in [2.45, 2.75) is 26.4 Å². The molecule has 28 heavy (non-hydrogen) atoms. The lowest BCUT2D eigenvalue weighted by Crippen LogP contribution is -2.17. The smallest absolute Gasteiger partial charge is 0.286 e. The van der Waals surface area contributed by atoms with Gasteiger partial charge in [0.2, 0.25) is 5.01 Å². The third-order valence-corrected chi connectivity index (χ3v) is 5.13. The van der Waals surface area contributed by atoms with Gasteiger partial charge in [0.15, 0.2) is 0 Å². The first-order chi connectivity index (χ1) is 13.6. The molecule has 0 aliphatic carbocycles. The molecule has 1 amide bonds. The van der Waals surface area contributed by atoms with Crippen molar-refractivity contribution < 1.29 is 4.79 Å². The van der Waals surface area contributed by atoms with Crippen LogP contribution in [0.1, 0.15) is 38.4 Å². The van der Waals surface area contributed by atoms with E-state index in [0.29, 0.717) is 17.1 Å². The second-order valence-electron chi connectivity index (χ2n) is 6.49. The molecule has 7 heteroatoms. The minimum Gasteiger partial charge on any atom is -0.320 e. The average Bonchev–Trinajstić information content (AvgIpc) is 3.17. The molecule has 3 aromatic rings. The lowest BCUT2D eigenvalue weighted by atomic mass is 10.1. The van der Waals surface area contributed by atoms with Crippen LogP contribution in [-0.4, -0.2) is 28.1 Å². The molecule has 0 unspecified atom stereocenters. The van der Waals surface area contributed by atoms with E-state index in [9.17, 15) is 4.79 Å². The second kappa shape index (κ2) is 9.22. The first-order valence-corrected chi connectivity index (χ1v) is 9.79. The van der Waals surface area contributed by atoms with Crippen molar-refractivity contribution in [3.63, 3.8) is 0 Å². The highest BCUT2D eigenvalue weighted by molar-refractivity contribution is 7.13. The topological polar surface area (TPSA) is 81.9 Å². The van der Waals surface area contributed by atoms with Crippen LogP contribution in [0.4, 0.5) is 5.69 Å². The fourth-order valence-electron chi connectivity index (χ4n) is 2.70. The van der Waals surface area contributed by atoms with Crippen LogP contribution in [-0.2, 0) is 19.5 Å². The van der Waals surface area contributed by atoms with Gasteiger partial charge in [0.1, 0.15) is 5.01 Å². The summed E-state index contributed by atoms with van der Waals surface area (Å²) in [5.74, 6) is -0.247. The predicted octanol–water partition coefficient (Wildman–Crippen LogP) is 3.86. The number of hydrogen-bond donors (Lipinski definition) is 1. The number of amides is 1. The standard InChI is InChI=1S/C21H21N5OS/c1-3-15-8-10-18(11-9-15)23-20(27)21-25-24-19(28-21)14-26(2)13-17-6-4-16(12-22)5-7-17/h4-11H,3,13-14H2,1-2H3,(H,23,27). The number of aromatic nitrogens is 2. The Labute approximate surface area is 168 Å². The molecule has 2 aromatic carbocycles. The summed E-state index contributed by atoms with van der Waals surface area (Å²) in [5, 5.41) is 21.0. The SMILES string of the molecule is CCc1ccc(NC(=O)c2nnc(CN(C)Cc3ccc(C#N)cc3)s2)cc1. The van der Waals surface area contributed by atoms with E-state index in [1.807, 2.05) is 55.6 Å². The van der Waals surface area contributed by atoms with Crippen molar-refractivity contribution >= 4 is 22.9 Å². The monoisotopic (exact) mass is 391 g/mol. The highest BCUT2D eigenvalue weighted by Crippen LogP contribution is 2.16. The lowest BCUT2D eigenvalue weighted by molar-refractivity contribution is 0.102. The van der Waals surface area contributed by atoms with Gasteiger partial charge in [-0.1, -0.05) is 42.5 Å². The molecule has 0 bridgehead atoms. The van der Waals surface area contributed by atoms with Gasteiger partial charge >= 0.3 is 0 Å². The van der Waals surface area contributed by atoms with Crippen molar-refractivity contribution in [3.8, 4) is 6.07 Å². The Morgan fingerprint density at radius 1 is 1.07 bits per heavy atom. The zero-order chi connectivity index (χ0) is 19.9. The van der Waals surface area contributed by atoms with Gasteiger partial charge in [-0.3, -0.25) is 9.69 Å². The van der Waals surface area contributed by atoms with Gasteiger partial charge in [0.25, 0.3) is 5.91 Å². The average molecular weight is 392 g/mol. The Bertz CT molecular complexity index is 973. The van der Waals surface area contributed by atoms with Crippen molar-refractivity contribution in [1.82, 2.24) is 15.1 Å². The van der Waals surface area contributed by atoms with Crippen LogP contribution in [0, 0.1) is 11.3 Å². The Morgan fingerprint density at radius 2 is 1.75 bits per heavy atom. The highest BCUT2D eigenvalue weighted by Gasteiger charge is 2.14. The first kappa shape index (κ1) is 19.7. The molecule has 1 heterocycles. The molecule has 3 rings (SSSR count). The van der Waals surface area contributed by atoms with Gasteiger partial charge in [-0.25, -0.2) is 0 Å². The van der Waals surface area contributed by atoms with Gasteiger partial charge in [-0.2, -0.15) is 5.26 Å². The van der Waals surface area contributed by atoms with Crippen molar-refractivity contribution in [2.75, 3.05) is 12.4 Å². The van der Waals surface area contributed by atoms with Crippen molar-refractivity contribution in [1.29, 1.82) is 5.26 Å². The quantitative estimate of drug-likeness (QED) is 0.661. The maximum atomic E-state index is 12.4. The third kappa shape index (κ3) is 5.22. The van der Waals surface area contributed by atoms with Gasteiger partial charge in [-0.05, 0) is 48.9 Å². The van der Waals surface area contributed by atoms with Crippen LogP contribution in [0.5, 0.6) is 0 Å². The molecule has 6 nitrogen and oxygen atoms in total. The fraction of sp³-hybridized carbons (Fsp3) is 0.238. The van der Waals surface area contributed by atoms with Gasteiger partial charge < -0.3 is 5.32 Å². The maximum Gasteiger partial charge on any atom is 0.286 e. The summed E-state index contributed by atoms with van der Waals surface area (Å²) in [7, 11) is 1.98. The summed E-state index contributed by atoms with van der Waals surface area (Å²) in [6.07, 6.45) is 0.962. The Balaban J connectivity index is 1.56. The van der Waals surface area contributed by atoms with Crippen LogP contribution in [0.15, 0.2) is 48.5 Å². The molecule has 0 atom stereocenters. The number of nitrogens with one attached hydrogen (secondary N) is 1. The summed E-state index contributed by atoms with van der Waals surface area (Å²) in [6.45, 7) is 3.40. The summed E-state index contributed by atoms with van der Waals surface area (Å²) in [5.41, 5.74) is 3.73. The molecule has 0 aliphatic rings. The minimum absolute atomic E-state index is 0.247. The number of nitrogens with zero attached hydrogens (tertiary/aromatic N) is 4. The molecule has 0 saturated heterocycles.